The summed E-state index contributed by atoms with van der Waals surface area (Å²) in [5.41, 5.74) is -0.0867. The molecule has 4 amide bonds. The van der Waals surface area contributed by atoms with Crippen molar-refractivity contribution in [1.82, 2.24) is 15.5 Å². The second-order valence-corrected chi connectivity index (χ2v) is 7.30. The Kier molecular flexibility index (Phi) is 6.17. The molecule has 1 aliphatic rings. The maximum atomic E-state index is 12.9. The van der Waals surface area contributed by atoms with E-state index in [0.29, 0.717) is 22.1 Å². The second kappa shape index (κ2) is 8.62. The minimum Gasteiger partial charge on any atom is -0.493 e. The number of nitrogens with one attached hydrogen (secondary N) is 2. The van der Waals surface area contributed by atoms with Crippen molar-refractivity contribution in [2.45, 2.75) is 19.0 Å². The Labute approximate surface area is 179 Å². The lowest BCUT2D eigenvalue weighted by atomic mass is 9.92. The van der Waals surface area contributed by atoms with Gasteiger partial charge in [-0.1, -0.05) is 35.9 Å². The summed E-state index contributed by atoms with van der Waals surface area (Å²) in [6, 6.07) is 11.4. The fourth-order valence-electron chi connectivity index (χ4n) is 3.28. The van der Waals surface area contributed by atoms with Gasteiger partial charge in [0.2, 0.25) is 5.91 Å². The molecule has 0 unspecified atom stereocenters. The van der Waals surface area contributed by atoms with Gasteiger partial charge in [0.15, 0.2) is 11.5 Å². The molecule has 2 N–H and O–H groups in total. The van der Waals surface area contributed by atoms with E-state index in [1.807, 2.05) is 0 Å². The third kappa shape index (κ3) is 4.04. The van der Waals surface area contributed by atoms with E-state index in [4.69, 9.17) is 21.1 Å². The van der Waals surface area contributed by atoms with Crippen LogP contribution in [0.25, 0.3) is 0 Å². The number of benzene rings is 2. The molecular weight excluding hydrogens is 410 g/mol. The maximum Gasteiger partial charge on any atom is 0.325 e. The molecule has 3 rings (SSSR count). The molecule has 0 aliphatic carbocycles. The molecule has 1 fully saturated rings. The number of urea groups is 1. The quantitative estimate of drug-likeness (QED) is 0.656. The van der Waals surface area contributed by atoms with Crippen LogP contribution in [-0.2, 0) is 21.7 Å². The molecule has 2 aromatic rings. The monoisotopic (exact) mass is 431 g/mol. The number of halogens is 1. The molecule has 0 aromatic heterocycles. The largest absolute Gasteiger partial charge is 0.493 e. The SMILES string of the molecule is COc1ccc(CNC(=O)CN2C(=O)N[C@](C)(c3ccccc3Cl)C2=O)cc1OC. The van der Waals surface area contributed by atoms with Crippen molar-refractivity contribution in [2.24, 2.45) is 0 Å². The van der Waals surface area contributed by atoms with Gasteiger partial charge < -0.3 is 20.1 Å². The molecule has 30 heavy (non-hydrogen) atoms. The van der Waals surface area contributed by atoms with Crippen LogP contribution in [0, 0.1) is 0 Å². The number of nitrogens with zero attached hydrogens (tertiary/aromatic N) is 1. The Morgan fingerprint density at radius 3 is 2.50 bits per heavy atom. The number of methoxy groups -OCH3 is 2. The maximum absolute atomic E-state index is 12.9. The molecule has 1 aliphatic heterocycles. The van der Waals surface area contributed by atoms with Crippen molar-refractivity contribution in [3.05, 3.63) is 58.6 Å². The molecule has 0 saturated carbocycles. The fourth-order valence-corrected chi connectivity index (χ4v) is 3.61. The predicted octanol–water partition coefficient (Wildman–Crippen LogP) is 2.44. The molecular formula is C21H22ClN3O5. The second-order valence-electron chi connectivity index (χ2n) is 6.89. The summed E-state index contributed by atoms with van der Waals surface area (Å²) >= 11 is 6.20. The van der Waals surface area contributed by atoms with Crippen molar-refractivity contribution >= 4 is 29.4 Å². The number of rotatable bonds is 7. The zero-order valence-corrected chi connectivity index (χ0v) is 17.6. The van der Waals surface area contributed by atoms with Gasteiger partial charge in [-0.3, -0.25) is 14.5 Å². The Bertz CT molecular complexity index is 996. The minimum absolute atomic E-state index is 0.199. The van der Waals surface area contributed by atoms with Crippen molar-refractivity contribution in [3.8, 4) is 11.5 Å². The van der Waals surface area contributed by atoms with Gasteiger partial charge in [0, 0.05) is 17.1 Å². The van der Waals surface area contributed by atoms with Gasteiger partial charge >= 0.3 is 6.03 Å². The number of carbonyl (C=O) groups is 3. The topological polar surface area (TPSA) is 97.0 Å². The first-order chi connectivity index (χ1) is 14.3. The summed E-state index contributed by atoms with van der Waals surface area (Å²) < 4.78 is 10.4. The van der Waals surface area contributed by atoms with Crippen molar-refractivity contribution < 1.29 is 23.9 Å². The standard InChI is InChI=1S/C21H22ClN3O5/c1-21(14-6-4-5-7-15(14)22)19(27)25(20(28)24-21)12-18(26)23-11-13-8-9-16(29-2)17(10-13)30-3/h4-10H,11-12H2,1-3H3,(H,23,26)(H,24,28)/t21-/m1/s1. The zero-order chi connectivity index (χ0) is 21.9. The van der Waals surface area contributed by atoms with Crippen LogP contribution in [0.5, 0.6) is 11.5 Å². The molecule has 1 atom stereocenters. The average Bonchev–Trinajstić information content (AvgIpc) is 2.96. The molecule has 1 heterocycles. The smallest absolute Gasteiger partial charge is 0.325 e. The van der Waals surface area contributed by atoms with Crippen LogP contribution in [0.2, 0.25) is 5.02 Å². The van der Waals surface area contributed by atoms with Crippen molar-refractivity contribution in [1.29, 1.82) is 0 Å². The number of ether oxygens (including phenoxy) is 2. The van der Waals surface area contributed by atoms with E-state index in [2.05, 4.69) is 10.6 Å². The summed E-state index contributed by atoms with van der Waals surface area (Å²) in [5, 5.41) is 5.69. The summed E-state index contributed by atoms with van der Waals surface area (Å²) in [5.74, 6) is 0.0955. The van der Waals surface area contributed by atoms with Crippen LogP contribution in [0.15, 0.2) is 42.5 Å². The Morgan fingerprint density at radius 2 is 1.83 bits per heavy atom. The first-order valence-corrected chi connectivity index (χ1v) is 9.54. The highest BCUT2D eigenvalue weighted by molar-refractivity contribution is 6.32. The Hall–Kier alpha value is -3.26. The summed E-state index contributed by atoms with van der Waals surface area (Å²) in [6.07, 6.45) is 0. The first-order valence-electron chi connectivity index (χ1n) is 9.17. The van der Waals surface area contributed by atoms with Crippen LogP contribution in [0.1, 0.15) is 18.1 Å². The van der Waals surface area contributed by atoms with E-state index >= 15 is 0 Å². The molecule has 0 spiro atoms. The third-order valence-corrected chi connectivity index (χ3v) is 5.26. The van der Waals surface area contributed by atoms with E-state index in [-0.39, 0.29) is 6.54 Å². The fraction of sp³-hybridized carbons (Fsp3) is 0.286. The molecule has 0 bridgehead atoms. The highest BCUT2D eigenvalue weighted by Gasteiger charge is 2.50. The Balaban J connectivity index is 1.66. The summed E-state index contributed by atoms with van der Waals surface area (Å²) in [7, 11) is 3.06. The van der Waals surface area contributed by atoms with Gasteiger partial charge in [-0.25, -0.2) is 4.79 Å². The van der Waals surface area contributed by atoms with Crippen LogP contribution < -0.4 is 20.1 Å². The van der Waals surface area contributed by atoms with Gasteiger partial charge in [0.1, 0.15) is 12.1 Å². The molecule has 1 saturated heterocycles. The van der Waals surface area contributed by atoms with Gasteiger partial charge in [0.05, 0.1) is 14.2 Å². The molecule has 9 heteroatoms. The molecule has 158 valence electrons. The lowest BCUT2D eigenvalue weighted by Crippen LogP contribution is -2.43. The number of carbonyl (C=O) groups excluding carboxylic acids is 3. The molecule has 8 nitrogen and oxygen atoms in total. The van der Waals surface area contributed by atoms with Crippen LogP contribution in [-0.4, -0.2) is 43.5 Å². The zero-order valence-electron chi connectivity index (χ0n) is 16.8. The highest BCUT2D eigenvalue weighted by atomic mass is 35.5. The highest BCUT2D eigenvalue weighted by Crippen LogP contribution is 2.33. The van der Waals surface area contributed by atoms with Crippen LogP contribution in [0.3, 0.4) is 0 Å². The van der Waals surface area contributed by atoms with Crippen LogP contribution in [0.4, 0.5) is 4.79 Å². The van der Waals surface area contributed by atoms with Crippen LogP contribution >= 0.6 is 11.6 Å². The Morgan fingerprint density at radius 1 is 1.13 bits per heavy atom. The molecule has 2 aromatic carbocycles. The number of hydrogen-bond acceptors (Lipinski definition) is 5. The number of imide groups is 1. The first kappa shape index (κ1) is 21.4. The van der Waals surface area contributed by atoms with E-state index < -0.39 is 29.9 Å². The lowest BCUT2D eigenvalue weighted by molar-refractivity contribution is -0.134. The van der Waals surface area contributed by atoms with Gasteiger partial charge in [-0.05, 0) is 30.7 Å². The molecule has 0 radical (unpaired) electrons. The van der Waals surface area contributed by atoms with Gasteiger partial charge in [-0.15, -0.1) is 0 Å². The predicted molar refractivity (Wildman–Crippen MR) is 110 cm³/mol. The van der Waals surface area contributed by atoms with Crippen molar-refractivity contribution in [2.75, 3.05) is 20.8 Å². The van der Waals surface area contributed by atoms with Gasteiger partial charge in [0.25, 0.3) is 5.91 Å². The van der Waals surface area contributed by atoms with E-state index in [1.165, 1.54) is 14.2 Å². The van der Waals surface area contributed by atoms with Crippen molar-refractivity contribution in [3.63, 3.8) is 0 Å². The minimum atomic E-state index is -1.33. The average molecular weight is 432 g/mol. The number of amides is 4. The summed E-state index contributed by atoms with van der Waals surface area (Å²) in [6.45, 7) is 1.36. The van der Waals surface area contributed by atoms with E-state index in [0.717, 1.165) is 10.5 Å². The van der Waals surface area contributed by atoms with Gasteiger partial charge in [-0.2, -0.15) is 0 Å². The normalized spacial score (nSPS) is 18.2. The van der Waals surface area contributed by atoms with E-state index in [9.17, 15) is 14.4 Å². The lowest BCUT2D eigenvalue weighted by Gasteiger charge is -2.23. The third-order valence-electron chi connectivity index (χ3n) is 4.93. The summed E-state index contributed by atoms with van der Waals surface area (Å²) in [4.78, 5) is 38.6. The van der Waals surface area contributed by atoms with E-state index in [1.54, 1.807) is 49.4 Å². The number of hydrogen-bond donors (Lipinski definition) is 2.